The van der Waals surface area contributed by atoms with Crippen molar-refractivity contribution >= 4 is 15.8 Å². The lowest BCUT2D eigenvalue weighted by Crippen LogP contribution is -2.33. The van der Waals surface area contributed by atoms with Crippen LogP contribution < -0.4 is 0 Å². The van der Waals surface area contributed by atoms with Gasteiger partial charge in [-0.15, -0.1) is 0 Å². The summed E-state index contributed by atoms with van der Waals surface area (Å²) in [6, 6.07) is 0. The SMILES string of the molecule is O=C(O[C@H]1CCCS(=O)(=O)C1)C1=CCCC1. The van der Waals surface area contributed by atoms with E-state index in [0.717, 1.165) is 19.3 Å². The van der Waals surface area contributed by atoms with Gasteiger partial charge in [0.1, 0.15) is 6.10 Å². The molecule has 0 saturated carbocycles. The van der Waals surface area contributed by atoms with Gasteiger partial charge >= 0.3 is 5.97 Å². The van der Waals surface area contributed by atoms with Crippen molar-refractivity contribution in [1.82, 2.24) is 0 Å². The van der Waals surface area contributed by atoms with Crippen LogP contribution in [0.5, 0.6) is 0 Å². The maximum Gasteiger partial charge on any atom is 0.333 e. The Bertz CT molecular complexity index is 408. The highest BCUT2D eigenvalue weighted by atomic mass is 32.2. The summed E-state index contributed by atoms with van der Waals surface area (Å²) < 4.78 is 27.9. The standard InChI is InChI=1S/C11H16O4S/c12-11(9-4-1-2-5-9)15-10-6-3-7-16(13,14)8-10/h4,10H,1-3,5-8H2/t10-/m0/s1. The molecule has 16 heavy (non-hydrogen) atoms. The Morgan fingerprint density at radius 3 is 2.81 bits per heavy atom. The van der Waals surface area contributed by atoms with Crippen molar-refractivity contribution < 1.29 is 17.9 Å². The first kappa shape index (κ1) is 11.6. The fraction of sp³-hybridized carbons (Fsp3) is 0.727. The van der Waals surface area contributed by atoms with E-state index in [1.165, 1.54) is 0 Å². The Hall–Kier alpha value is -0.840. The van der Waals surface area contributed by atoms with Crippen molar-refractivity contribution in [3.05, 3.63) is 11.6 Å². The minimum absolute atomic E-state index is 0.00792. The number of carbonyl (C=O) groups is 1. The van der Waals surface area contributed by atoms with Gasteiger partial charge in [-0.3, -0.25) is 0 Å². The van der Waals surface area contributed by atoms with Crippen LogP contribution in [0.4, 0.5) is 0 Å². The topological polar surface area (TPSA) is 60.4 Å². The molecular formula is C11H16O4S. The minimum Gasteiger partial charge on any atom is -0.458 e. The molecule has 1 atom stereocenters. The fourth-order valence-electron chi connectivity index (χ4n) is 2.16. The molecule has 1 heterocycles. The summed E-state index contributed by atoms with van der Waals surface area (Å²) in [5.74, 6) is -0.102. The molecule has 90 valence electrons. The Labute approximate surface area is 95.6 Å². The van der Waals surface area contributed by atoms with Crippen molar-refractivity contribution in [3.8, 4) is 0 Å². The highest BCUT2D eigenvalue weighted by molar-refractivity contribution is 7.91. The van der Waals surface area contributed by atoms with Crippen LogP contribution in [0.2, 0.25) is 0 Å². The second-order valence-corrected chi connectivity index (χ2v) is 6.63. The number of rotatable bonds is 2. The van der Waals surface area contributed by atoms with Crippen LogP contribution in [0.25, 0.3) is 0 Å². The molecule has 1 aliphatic carbocycles. The van der Waals surface area contributed by atoms with E-state index in [9.17, 15) is 13.2 Å². The molecule has 1 saturated heterocycles. The van der Waals surface area contributed by atoms with E-state index in [4.69, 9.17) is 4.74 Å². The molecule has 0 N–H and O–H groups in total. The Kier molecular flexibility index (Phi) is 3.33. The van der Waals surface area contributed by atoms with Gasteiger partial charge in [-0.2, -0.15) is 0 Å². The van der Waals surface area contributed by atoms with Crippen LogP contribution in [0.3, 0.4) is 0 Å². The second kappa shape index (κ2) is 4.57. The van der Waals surface area contributed by atoms with Gasteiger partial charge in [-0.25, -0.2) is 13.2 Å². The maximum absolute atomic E-state index is 11.6. The lowest BCUT2D eigenvalue weighted by Gasteiger charge is -2.22. The van der Waals surface area contributed by atoms with Gasteiger partial charge in [0.2, 0.25) is 0 Å². The summed E-state index contributed by atoms with van der Waals surface area (Å²) in [6.07, 6.45) is 5.39. The molecule has 4 nitrogen and oxygen atoms in total. The average Bonchev–Trinajstić information content (AvgIpc) is 2.68. The van der Waals surface area contributed by atoms with Crippen LogP contribution in [0.15, 0.2) is 11.6 Å². The normalized spacial score (nSPS) is 28.5. The van der Waals surface area contributed by atoms with Gasteiger partial charge in [-0.05, 0) is 32.1 Å². The minimum atomic E-state index is -3.00. The number of hydrogen-bond acceptors (Lipinski definition) is 4. The lowest BCUT2D eigenvalue weighted by atomic mass is 10.2. The molecule has 0 aromatic heterocycles. The van der Waals surface area contributed by atoms with E-state index in [1.54, 1.807) is 0 Å². The third-order valence-electron chi connectivity index (χ3n) is 3.00. The number of sulfone groups is 1. The molecule has 0 aromatic carbocycles. The zero-order valence-electron chi connectivity index (χ0n) is 9.15. The number of carbonyl (C=O) groups excluding carboxylic acids is 1. The summed E-state index contributed by atoms with van der Waals surface area (Å²) >= 11 is 0. The second-order valence-electron chi connectivity index (χ2n) is 4.41. The summed E-state index contributed by atoms with van der Waals surface area (Å²) in [4.78, 5) is 11.6. The summed E-state index contributed by atoms with van der Waals surface area (Å²) in [5.41, 5.74) is 0.711. The van der Waals surface area contributed by atoms with Crippen molar-refractivity contribution in [2.45, 2.75) is 38.2 Å². The van der Waals surface area contributed by atoms with E-state index in [-0.39, 0.29) is 17.5 Å². The first-order valence-corrected chi connectivity index (χ1v) is 7.49. The van der Waals surface area contributed by atoms with Crippen molar-refractivity contribution in [3.63, 3.8) is 0 Å². The van der Waals surface area contributed by atoms with E-state index >= 15 is 0 Å². The predicted molar refractivity (Wildman–Crippen MR) is 59.7 cm³/mol. The molecule has 0 unspecified atom stereocenters. The quantitative estimate of drug-likeness (QED) is 0.685. The molecule has 1 aliphatic heterocycles. The third-order valence-corrected chi connectivity index (χ3v) is 4.79. The van der Waals surface area contributed by atoms with Gasteiger partial charge in [0, 0.05) is 5.57 Å². The molecule has 0 radical (unpaired) electrons. The molecule has 2 rings (SSSR count). The zero-order valence-corrected chi connectivity index (χ0v) is 9.96. The van der Waals surface area contributed by atoms with E-state index in [0.29, 0.717) is 18.4 Å². The largest absolute Gasteiger partial charge is 0.458 e. The van der Waals surface area contributed by atoms with Gasteiger partial charge in [0.25, 0.3) is 0 Å². The van der Waals surface area contributed by atoms with Crippen LogP contribution >= 0.6 is 0 Å². The number of ether oxygens (including phenoxy) is 1. The van der Waals surface area contributed by atoms with Crippen LogP contribution in [-0.2, 0) is 19.4 Å². The highest BCUT2D eigenvalue weighted by Crippen LogP contribution is 2.21. The first-order valence-electron chi connectivity index (χ1n) is 5.67. The molecule has 0 amide bonds. The molecule has 5 heteroatoms. The first-order chi connectivity index (χ1) is 7.57. The number of allylic oxidation sites excluding steroid dienone is 1. The lowest BCUT2D eigenvalue weighted by molar-refractivity contribution is -0.143. The number of hydrogen-bond donors (Lipinski definition) is 0. The van der Waals surface area contributed by atoms with Gasteiger partial charge in [0.05, 0.1) is 11.5 Å². The molecule has 0 aromatic rings. The summed E-state index contributed by atoms with van der Waals surface area (Å²) in [5, 5.41) is 0. The van der Waals surface area contributed by atoms with E-state index < -0.39 is 15.9 Å². The maximum atomic E-state index is 11.6. The Balaban J connectivity index is 1.92. The monoisotopic (exact) mass is 244 g/mol. The van der Waals surface area contributed by atoms with Gasteiger partial charge in [0.15, 0.2) is 9.84 Å². The Morgan fingerprint density at radius 2 is 2.19 bits per heavy atom. The van der Waals surface area contributed by atoms with E-state index in [2.05, 4.69) is 0 Å². The van der Waals surface area contributed by atoms with Gasteiger partial charge in [-0.1, -0.05) is 6.08 Å². The van der Waals surface area contributed by atoms with E-state index in [1.807, 2.05) is 6.08 Å². The van der Waals surface area contributed by atoms with Gasteiger partial charge < -0.3 is 4.74 Å². The van der Waals surface area contributed by atoms with Crippen LogP contribution in [0, 0.1) is 0 Å². The smallest absolute Gasteiger partial charge is 0.333 e. The summed E-state index contributed by atoms with van der Waals surface area (Å²) in [6.45, 7) is 0. The summed E-state index contributed by atoms with van der Waals surface area (Å²) in [7, 11) is -3.00. The highest BCUT2D eigenvalue weighted by Gasteiger charge is 2.28. The molecule has 1 fully saturated rings. The molecule has 0 bridgehead atoms. The van der Waals surface area contributed by atoms with Crippen LogP contribution in [0.1, 0.15) is 32.1 Å². The van der Waals surface area contributed by atoms with Crippen molar-refractivity contribution in [2.75, 3.05) is 11.5 Å². The Morgan fingerprint density at radius 1 is 1.38 bits per heavy atom. The number of esters is 1. The molecule has 0 spiro atoms. The zero-order chi connectivity index (χ0) is 11.6. The molecule has 2 aliphatic rings. The van der Waals surface area contributed by atoms with Crippen molar-refractivity contribution in [1.29, 1.82) is 0 Å². The fourth-order valence-corrected chi connectivity index (χ4v) is 3.73. The third kappa shape index (κ3) is 2.84. The average molecular weight is 244 g/mol. The van der Waals surface area contributed by atoms with Crippen LogP contribution in [-0.4, -0.2) is 32.0 Å². The predicted octanol–water partition coefficient (Wildman–Crippen LogP) is 1.22. The molecular weight excluding hydrogens is 228 g/mol. The van der Waals surface area contributed by atoms with Crippen molar-refractivity contribution in [2.24, 2.45) is 0 Å².